The second-order valence-corrected chi connectivity index (χ2v) is 7.32. The van der Waals surface area contributed by atoms with Crippen molar-refractivity contribution in [2.24, 2.45) is 0 Å². The van der Waals surface area contributed by atoms with E-state index in [9.17, 15) is 4.79 Å². The van der Waals surface area contributed by atoms with Crippen molar-refractivity contribution in [2.45, 2.75) is 25.7 Å². The number of benzene rings is 2. The van der Waals surface area contributed by atoms with E-state index in [0.29, 0.717) is 0 Å². The SMILES string of the molecule is Br.COc1cccc2sc(NCC(=O)c3ccc4c(c3)CCCC4)nc12. The molecule has 0 radical (unpaired) electrons. The number of hydrogen-bond acceptors (Lipinski definition) is 5. The molecule has 0 saturated heterocycles. The van der Waals surface area contributed by atoms with Gasteiger partial charge in [0.1, 0.15) is 11.3 Å². The third-order valence-electron chi connectivity index (χ3n) is 4.67. The van der Waals surface area contributed by atoms with Crippen molar-refractivity contribution >= 4 is 49.4 Å². The van der Waals surface area contributed by atoms with E-state index < -0.39 is 0 Å². The lowest BCUT2D eigenvalue weighted by molar-refractivity contribution is 0.101. The van der Waals surface area contributed by atoms with Gasteiger partial charge in [0, 0.05) is 5.56 Å². The lowest BCUT2D eigenvalue weighted by Crippen LogP contribution is -2.15. The van der Waals surface area contributed by atoms with Crippen LogP contribution in [0.5, 0.6) is 5.75 Å². The molecule has 4 nitrogen and oxygen atoms in total. The molecule has 2 aromatic carbocycles. The first-order valence-corrected chi connectivity index (χ1v) is 9.38. The van der Waals surface area contributed by atoms with Crippen LogP contribution in [0.4, 0.5) is 5.13 Å². The first-order valence-electron chi connectivity index (χ1n) is 8.57. The fourth-order valence-corrected chi connectivity index (χ4v) is 4.21. The first-order chi connectivity index (χ1) is 12.2. The number of methoxy groups -OCH3 is 1. The quantitative estimate of drug-likeness (QED) is 0.572. The molecule has 6 heteroatoms. The van der Waals surface area contributed by atoms with Gasteiger partial charge in [0.05, 0.1) is 18.4 Å². The van der Waals surface area contributed by atoms with Crippen LogP contribution < -0.4 is 10.1 Å². The van der Waals surface area contributed by atoms with Gasteiger partial charge in [0.25, 0.3) is 0 Å². The number of anilines is 1. The van der Waals surface area contributed by atoms with Crippen molar-refractivity contribution in [1.82, 2.24) is 4.98 Å². The van der Waals surface area contributed by atoms with E-state index in [0.717, 1.165) is 39.5 Å². The van der Waals surface area contributed by atoms with Gasteiger partial charge in [0.2, 0.25) is 0 Å². The number of Topliss-reactive ketones (excluding diaryl/α,β-unsaturated/α-hetero) is 1. The van der Waals surface area contributed by atoms with Crippen molar-refractivity contribution in [3.8, 4) is 5.75 Å². The maximum Gasteiger partial charge on any atom is 0.184 e. The highest BCUT2D eigenvalue weighted by Gasteiger charge is 2.14. The number of aryl methyl sites for hydroxylation is 2. The van der Waals surface area contributed by atoms with Gasteiger partial charge >= 0.3 is 0 Å². The Morgan fingerprint density at radius 3 is 2.81 bits per heavy atom. The highest BCUT2D eigenvalue weighted by Crippen LogP contribution is 2.32. The van der Waals surface area contributed by atoms with Crippen molar-refractivity contribution in [1.29, 1.82) is 0 Å². The normalized spacial score (nSPS) is 13.0. The Morgan fingerprint density at radius 1 is 1.19 bits per heavy atom. The van der Waals surface area contributed by atoms with Gasteiger partial charge in [0.15, 0.2) is 10.9 Å². The summed E-state index contributed by atoms with van der Waals surface area (Å²) in [5.74, 6) is 0.849. The first kappa shape index (κ1) is 18.9. The van der Waals surface area contributed by atoms with Gasteiger partial charge in [-0.15, -0.1) is 17.0 Å². The molecule has 0 atom stereocenters. The minimum atomic E-state index is 0. The fourth-order valence-electron chi connectivity index (χ4n) is 3.33. The summed E-state index contributed by atoms with van der Waals surface area (Å²) >= 11 is 1.53. The van der Waals surface area contributed by atoms with E-state index in [1.807, 2.05) is 24.3 Å². The monoisotopic (exact) mass is 432 g/mol. The van der Waals surface area contributed by atoms with E-state index in [2.05, 4.69) is 22.4 Å². The number of carbonyl (C=O) groups is 1. The van der Waals surface area contributed by atoms with Crippen LogP contribution >= 0.6 is 28.3 Å². The van der Waals surface area contributed by atoms with E-state index in [1.165, 1.54) is 35.3 Å². The van der Waals surface area contributed by atoms with Crippen LogP contribution in [0.3, 0.4) is 0 Å². The number of hydrogen-bond donors (Lipinski definition) is 1. The number of fused-ring (bicyclic) bond motifs is 2. The maximum absolute atomic E-state index is 12.5. The van der Waals surface area contributed by atoms with Crippen LogP contribution in [0.2, 0.25) is 0 Å². The molecule has 1 heterocycles. The molecule has 26 heavy (non-hydrogen) atoms. The van der Waals surface area contributed by atoms with Crippen LogP contribution in [0.25, 0.3) is 10.2 Å². The number of carbonyl (C=O) groups excluding carboxylic acids is 1. The molecule has 0 aliphatic heterocycles. The van der Waals surface area contributed by atoms with Gasteiger partial charge in [-0.1, -0.05) is 29.5 Å². The molecule has 1 aliphatic rings. The van der Waals surface area contributed by atoms with Crippen molar-refractivity contribution < 1.29 is 9.53 Å². The van der Waals surface area contributed by atoms with Gasteiger partial charge in [-0.2, -0.15) is 0 Å². The average Bonchev–Trinajstić information content (AvgIpc) is 3.08. The Kier molecular flexibility index (Phi) is 5.94. The molecule has 1 aliphatic carbocycles. The van der Waals surface area contributed by atoms with Crippen LogP contribution in [0.15, 0.2) is 36.4 Å². The Labute approximate surface area is 167 Å². The second kappa shape index (κ2) is 8.18. The predicted octanol–water partition coefficient (Wildman–Crippen LogP) is 5.06. The zero-order valence-electron chi connectivity index (χ0n) is 14.6. The van der Waals surface area contributed by atoms with Crippen LogP contribution in [-0.2, 0) is 12.8 Å². The van der Waals surface area contributed by atoms with Gasteiger partial charge in [-0.25, -0.2) is 4.98 Å². The topological polar surface area (TPSA) is 51.2 Å². The number of nitrogens with one attached hydrogen (secondary N) is 1. The van der Waals surface area contributed by atoms with E-state index >= 15 is 0 Å². The molecule has 0 fully saturated rings. The zero-order valence-corrected chi connectivity index (χ0v) is 17.1. The van der Waals surface area contributed by atoms with Crippen LogP contribution in [0, 0.1) is 0 Å². The summed E-state index contributed by atoms with van der Waals surface area (Å²) in [6.07, 6.45) is 4.69. The highest BCUT2D eigenvalue weighted by molar-refractivity contribution is 8.93. The molecule has 0 unspecified atom stereocenters. The van der Waals surface area contributed by atoms with Gasteiger partial charge in [-0.05, 0) is 55.0 Å². The van der Waals surface area contributed by atoms with Crippen molar-refractivity contribution in [3.05, 3.63) is 53.1 Å². The predicted molar refractivity (Wildman–Crippen MR) is 112 cm³/mol. The van der Waals surface area contributed by atoms with Crippen molar-refractivity contribution in [3.63, 3.8) is 0 Å². The number of ketones is 1. The average molecular weight is 433 g/mol. The van der Waals surface area contributed by atoms with Crippen LogP contribution in [0.1, 0.15) is 34.3 Å². The molecule has 3 aromatic rings. The van der Waals surface area contributed by atoms with Gasteiger partial charge < -0.3 is 10.1 Å². The number of halogens is 1. The molecule has 136 valence electrons. The summed E-state index contributed by atoms with van der Waals surface area (Å²) in [5, 5.41) is 3.91. The largest absolute Gasteiger partial charge is 0.494 e. The summed E-state index contributed by atoms with van der Waals surface area (Å²) in [6.45, 7) is 0.251. The number of rotatable bonds is 5. The van der Waals surface area contributed by atoms with Gasteiger partial charge in [-0.3, -0.25) is 4.79 Å². The molecular weight excluding hydrogens is 412 g/mol. The zero-order chi connectivity index (χ0) is 17.2. The van der Waals surface area contributed by atoms with E-state index in [1.54, 1.807) is 7.11 Å². The van der Waals surface area contributed by atoms with Crippen LogP contribution in [-0.4, -0.2) is 24.4 Å². The third kappa shape index (κ3) is 3.76. The molecular formula is C20H21BrN2O2S. The van der Waals surface area contributed by atoms with E-state index in [4.69, 9.17) is 4.74 Å². The molecule has 1 aromatic heterocycles. The number of nitrogens with zero attached hydrogens (tertiary/aromatic N) is 1. The molecule has 0 bridgehead atoms. The minimum Gasteiger partial charge on any atom is -0.494 e. The lowest BCUT2D eigenvalue weighted by Gasteiger charge is -2.16. The number of aromatic nitrogens is 1. The third-order valence-corrected chi connectivity index (χ3v) is 5.65. The highest BCUT2D eigenvalue weighted by atomic mass is 79.9. The molecule has 0 amide bonds. The minimum absolute atomic E-state index is 0. The Hall–Kier alpha value is -1.92. The Balaban J connectivity index is 0.00000196. The Bertz CT molecular complexity index is 939. The fraction of sp³-hybridized carbons (Fsp3) is 0.300. The summed E-state index contributed by atoms with van der Waals surface area (Å²) < 4.78 is 6.38. The number of thiazole rings is 1. The maximum atomic E-state index is 12.5. The lowest BCUT2D eigenvalue weighted by atomic mass is 9.90. The molecule has 4 rings (SSSR count). The summed E-state index contributed by atoms with van der Waals surface area (Å²) in [7, 11) is 1.64. The number of ether oxygens (including phenoxy) is 1. The summed E-state index contributed by atoms with van der Waals surface area (Å²) in [4.78, 5) is 17.1. The summed E-state index contributed by atoms with van der Waals surface area (Å²) in [6, 6.07) is 12.0. The molecule has 1 N–H and O–H groups in total. The second-order valence-electron chi connectivity index (χ2n) is 6.29. The van der Waals surface area contributed by atoms with E-state index in [-0.39, 0.29) is 29.3 Å². The molecule has 0 saturated carbocycles. The summed E-state index contributed by atoms with van der Waals surface area (Å²) in [5.41, 5.74) is 4.35. The number of para-hydroxylation sites is 1. The smallest absolute Gasteiger partial charge is 0.184 e. The standard InChI is InChI=1S/C20H20N2O2S.BrH/c1-24-17-7-4-8-18-19(17)22-20(25-18)21-12-16(23)15-10-9-13-5-2-3-6-14(13)11-15;/h4,7-11H,2-3,5-6,12H2,1H3,(H,21,22);1H. The Morgan fingerprint density at radius 2 is 2.00 bits per heavy atom. The molecule has 0 spiro atoms. The van der Waals surface area contributed by atoms with Crippen molar-refractivity contribution in [2.75, 3.05) is 19.0 Å².